The Balaban J connectivity index is 4.78. The molecular formula is C25H34N2. The van der Waals surface area contributed by atoms with Crippen LogP contribution >= 0.6 is 0 Å². The van der Waals surface area contributed by atoms with Gasteiger partial charge in [0.05, 0.1) is 0 Å². The summed E-state index contributed by atoms with van der Waals surface area (Å²) < 4.78 is 0. The van der Waals surface area contributed by atoms with Gasteiger partial charge in [0.2, 0.25) is 0 Å². The summed E-state index contributed by atoms with van der Waals surface area (Å²) in [5.74, 6) is 0. The van der Waals surface area contributed by atoms with E-state index in [4.69, 9.17) is 0 Å². The topological polar surface area (TPSA) is 15.3 Å². The first kappa shape index (κ1) is 24.0. The van der Waals surface area contributed by atoms with Gasteiger partial charge in [-0.25, -0.2) is 0 Å². The average Bonchev–Trinajstić information content (AvgIpc) is 2.67. The lowest BCUT2D eigenvalue weighted by Gasteiger charge is -2.14. The van der Waals surface area contributed by atoms with Gasteiger partial charge < -0.3 is 10.2 Å². The van der Waals surface area contributed by atoms with Gasteiger partial charge in [-0.15, -0.1) is 0 Å². The SMILES string of the molecule is C=C/C=C\C=C/NC\C=C/C(=C\CC)/C=C/C=C(\C=C)N(C)/C=C/C=C\C. The van der Waals surface area contributed by atoms with Gasteiger partial charge in [0.25, 0.3) is 0 Å². The molecule has 0 heterocycles. The number of hydrogen-bond acceptors (Lipinski definition) is 2. The molecule has 0 aliphatic carbocycles. The molecule has 0 saturated carbocycles. The molecule has 0 aliphatic rings. The maximum atomic E-state index is 3.89. The molecule has 0 amide bonds. The smallest absolute Gasteiger partial charge is 0.0397 e. The minimum Gasteiger partial charge on any atom is -0.387 e. The molecule has 0 bridgehead atoms. The van der Waals surface area contributed by atoms with E-state index in [0.717, 1.165) is 18.7 Å². The van der Waals surface area contributed by atoms with Gasteiger partial charge in [-0.3, -0.25) is 0 Å². The predicted molar refractivity (Wildman–Crippen MR) is 123 cm³/mol. The van der Waals surface area contributed by atoms with E-state index in [2.05, 4.69) is 61.9 Å². The first-order valence-corrected chi connectivity index (χ1v) is 9.27. The Morgan fingerprint density at radius 3 is 2.48 bits per heavy atom. The Hall–Kier alpha value is -3.00. The van der Waals surface area contributed by atoms with Crippen molar-refractivity contribution < 1.29 is 0 Å². The summed E-state index contributed by atoms with van der Waals surface area (Å²) in [7, 11) is 2.01. The maximum Gasteiger partial charge on any atom is 0.0397 e. The van der Waals surface area contributed by atoms with Crippen molar-refractivity contribution in [2.24, 2.45) is 0 Å². The molecule has 0 spiro atoms. The van der Waals surface area contributed by atoms with Gasteiger partial charge in [0.1, 0.15) is 0 Å². The molecule has 0 rings (SSSR count). The monoisotopic (exact) mass is 362 g/mol. The normalized spacial score (nSPS) is 13.9. The molecule has 0 aliphatic heterocycles. The average molecular weight is 363 g/mol. The van der Waals surface area contributed by atoms with Crippen molar-refractivity contribution in [2.45, 2.75) is 20.3 Å². The summed E-state index contributed by atoms with van der Waals surface area (Å²) in [6.45, 7) is 12.4. The van der Waals surface area contributed by atoms with Crippen molar-refractivity contribution in [1.82, 2.24) is 10.2 Å². The van der Waals surface area contributed by atoms with Crippen molar-refractivity contribution in [3.8, 4) is 0 Å². The Bertz CT molecular complexity index is 650. The zero-order chi connectivity index (χ0) is 20.2. The Labute approximate surface area is 166 Å². The first-order chi connectivity index (χ1) is 13.2. The van der Waals surface area contributed by atoms with Crippen molar-refractivity contribution in [1.29, 1.82) is 0 Å². The van der Waals surface area contributed by atoms with Gasteiger partial charge in [-0.2, -0.15) is 0 Å². The standard InChI is InChI=1S/C25H34N2/c1-6-10-12-13-21-26-22-16-19-24(17-8-3)18-15-20-25(9-4)27(5)23-14-11-7-2/h6-7,9-21,23,26H,1,4,8,22H2,2-3,5H3/b11-7-,12-10-,18-15+,19-16-,21-13-,23-14+,24-17-,25-20+. The van der Waals surface area contributed by atoms with Crippen LogP contribution in [0.15, 0.2) is 122 Å². The number of rotatable bonds is 13. The molecular weight excluding hydrogens is 328 g/mol. The fourth-order valence-electron chi connectivity index (χ4n) is 1.99. The van der Waals surface area contributed by atoms with Crippen molar-refractivity contribution in [3.63, 3.8) is 0 Å². The summed E-state index contributed by atoms with van der Waals surface area (Å²) in [4.78, 5) is 2.04. The summed E-state index contributed by atoms with van der Waals surface area (Å²) in [5, 5.41) is 3.22. The second kappa shape index (κ2) is 17.8. The Kier molecular flexibility index (Phi) is 15.8. The first-order valence-electron chi connectivity index (χ1n) is 9.27. The van der Waals surface area contributed by atoms with Crippen LogP contribution < -0.4 is 5.32 Å². The van der Waals surface area contributed by atoms with Crippen LogP contribution in [-0.4, -0.2) is 18.5 Å². The lowest BCUT2D eigenvalue weighted by Crippen LogP contribution is -2.07. The molecule has 144 valence electrons. The maximum absolute atomic E-state index is 3.89. The van der Waals surface area contributed by atoms with Gasteiger partial charge in [-0.05, 0) is 49.4 Å². The van der Waals surface area contributed by atoms with E-state index in [9.17, 15) is 0 Å². The molecule has 2 heteroatoms. The molecule has 0 radical (unpaired) electrons. The van der Waals surface area contributed by atoms with E-state index in [1.807, 2.05) is 73.8 Å². The molecule has 0 aromatic heterocycles. The van der Waals surface area contributed by atoms with E-state index >= 15 is 0 Å². The summed E-state index contributed by atoms with van der Waals surface area (Å²) in [5.41, 5.74) is 2.22. The van der Waals surface area contributed by atoms with Gasteiger partial charge in [-0.1, -0.05) is 80.8 Å². The van der Waals surface area contributed by atoms with Crippen LogP contribution in [0, 0.1) is 0 Å². The second-order valence-electron chi connectivity index (χ2n) is 5.54. The Morgan fingerprint density at radius 2 is 1.81 bits per heavy atom. The quantitative estimate of drug-likeness (QED) is 0.302. The zero-order valence-electron chi connectivity index (χ0n) is 17.0. The number of nitrogens with one attached hydrogen (secondary N) is 1. The number of likely N-dealkylation sites (N-methyl/N-ethyl adjacent to an activating group) is 1. The highest BCUT2D eigenvalue weighted by Gasteiger charge is 1.93. The third-order valence-electron chi connectivity index (χ3n) is 3.34. The largest absolute Gasteiger partial charge is 0.387 e. The molecule has 0 unspecified atom stereocenters. The van der Waals surface area contributed by atoms with Crippen molar-refractivity contribution >= 4 is 0 Å². The van der Waals surface area contributed by atoms with Gasteiger partial charge in [0, 0.05) is 25.5 Å². The Morgan fingerprint density at radius 1 is 1.00 bits per heavy atom. The van der Waals surface area contributed by atoms with Crippen molar-refractivity contribution in [2.75, 3.05) is 13.6 Å². The van der Waals surface area contributed by atoms with Crippen molar-refractivity contribution in [3.05, 3.63) is 122 Å². The second-order valence-corrected chi connectivity index (χ2v) is 5.54. The third kappa shape index (κ3) is 13.9. The molecule has 2 nitrogen and oxygen atoms in total. The highest BCUT2D eigenvalue weighted by molar-refractivity contribution is 5.34. The summed E-state index contributed by atoms with van der Waals surface area (Å²) >= 11 is 0. The third-order valence-corrected chi connectivity index (χ3v) is 3.34. The van der Waals surface area contributed by atoms with Gasteiger partial charge in [0.15, 0.2) is 0 Å². The number of hydrogen-bond donors (Lipinski definition) is 1. The van der Waals surface area contributed by atoms with E-state index < -0.39 is 0 Å². The van der Waals surface area contributed by atoms with Crippen LogP contribution in [0.4, 0.5) is 0 Å². The molecule has 1 N–H and O–H groups in total. The molecule has 0 atom stereocenters. The minimum absolute atomic E-state index is 0.777. The van der Waals surface area contributed by atoms with E-state index in [0.29, 0.717) is 0 Å². The van der Waals surface area contributed by atoms with Crippen LogP contribution in [0.1, 0.15) is 20.3 Å². The summed E-state index contributed by atoms with van der Waals surface area (Å²) in [6.07, 6.45) is 32.9. The lowest BCUT2D eigenvalue weighted by molar-refractivity contribution is 0.589. The molecule has 0 aromatic rings. The summed E-state index contributed by atoms with van der Waals surface area (Å²) in [6, 6.07) is 0. The van der Waals surface area contributed by atoms with E-state index in [1.165, 1.54) is 5.57 Å². The van der Waals surface area contributed by atoms with Gasteiger partial charge >= 0.3 is 0 Å². The van der Waals surface area contributed by atoms with Crippen LogP contribution in [0.2, 0.25) is 0 Å². The predicted octanol–water partition coefficient (Wildman–Crippen LogP) is 6.37. The van der Waals surface area contributed by atoms with E-state index in [-0.39, 0.29) is 0 Å². The number of nitrogens with zero attached hydrogens (tertiary/aromatic N) is 1. The lowest BCUT2D eigenvalue weighted by atomic mass is 10.2. The van der Waals surface area contributed by atoms with Crippen LogP contribution in [-0.2, 0) is 0 Å². The highest BCUT2D eigenvalue weighted by Crippen LogP contribution is 2.06. The van der Waals surface area contributed by atoms with E-state index in [1.54, 1.807) is 6.08 Å². The number of allylic oxidation sites excluding steroid dienone is 14. The molecule has 0 aromatic carbocycles. The molecule has 27 heavy (non-hydrogen) atoms. The zero-order valence-corrected chi connectivity index (χ0v) is 17.0. The van der Waals surface area contributed by atoms with Crippen LogP contribution in [0.3, 0.4) is 0 Å². The minimum atomic E-state index is 0.777. The van der Waals surface area contributed by atoms with Crippen LogP contribution in [0.5, 0.6) is 0 Å². The molecule has 0 fully saturated rings. The highest BCUT2D eigenvalue weighted by atomic mass is 15.1. The van der Waals surface area contributed by atoms with Crippen LogP contribution in [0.25, 0.3) is 0 Å². The molecule has 0 saturated heterocycles. The fraction of sp³-hybridized carbons (Fsp3) is 0.200. The fourth-order valence-corrected chi connectivity index (χ4v) is 1.99.